The number of sulfonamides is 1. The maximum atomic E-state index is 12.1. The highest BCUT2D eigenvalue weighted by Gasteiger charge is 2.16. The van der Waals surface area contributed by atoms with Crippen LogP contribution in [-0.2, 0) is 10.0 Å². The zero-order valence-corrected chi connectivity index (χ0v) is 16.7. The van der Waals surface area contributed by atoms with Gasteiger partial charge in [-0.2, -0.15) is 0 Å². The van der Waals surface area contributed by atoms with Crippen LogP contribution >= 0.6 is 24.0 Å². The fraction of sp³-hybridized carbons (Fsp3) is 0.533. The smallest absolute Gasteiger partial charge is 0.240 e. The van der Waals surface area contributed by atoms with Gasteiger partial charge in [0.2, 0.25) is 10.0 Å². The summed E-state index contributed by atoms with van der Waals surface area (Å²) in [5, 5.41) is 3.19. The topological polar surface area (TPSA) is 73.8 Å². The standard InChI is InChI=1S/C15H24N4O2S.HI/c1-13-5-7-14(8-6-13)22(20,21)18-10-9-17-15(16-2)19-11-3-4-12-19;/h5-8,18H,3-4,9-12H2,1-2H3,(H,16,17);1H. The lowest BCUT2D eigenvalue weighted by atomic mass is 10.2. The maximum Gasteiger partial charge on any atom is 0.240 e. The normalized spacial score (nSPS) is 15.4. The molecule has 1 fully saturated rings. The van der Waals surface area contributed by atoms with Crippen molar-refractivity contribution in [3.8, 4) is 0 Å². The van der Waals surface area contributed by atoms with Crippen molar-refractivity contribution in [1.29, 1.82) is 0 Å². The van der Waals surface area contributed by atoms with E-state index >= 15 is 0 Å². The molecule has 0 aliphatic carbocycles. The quantitative estimate of drug-likeness (QED) is 0.308. The molecule has 0 aromatic heterocycles. The molecule has 8 heteroatoms. The van der Waals surface area contributed by atoms with E-state index in [1.165, 1.54) is 12.8 Å². The van der Waals surface area contributed by atoms with Crippen molar-refractivity contribution in [2.45, 2.75) is 24.7 Å². The van der Waals surface area contributed by atoms with Crippen LogP contribution in [0.1, 0.15) is 18.4 Å². The first-order valence-electron chi connectivity index (χ1n) is 7.55. The third kappa shape index (κ3) is 5.92. The van der Waals surface area contributed by atoms with Gasteiger partial charge in [0.05, 0.1) is 4.90 Å². The van der Waals surface area contributed by atoms with Crippen LogP contribution in [0.3, 0.4) is 0 Å². The Bertz CT molecular complexity index is 611. The van der Waals surface area contributed by atoms with Gasteiger partial charge in [-0.25, -0.2) is 13.1 Å². The first-order chi connectivity index (χ1) is 10.5. The van der Waals surface area contributed by atoms with E-state index in [9.17, 15) is 8.42 Å². The highest BCUT2D eigenvalue weighted by Crippen LogP contribution is 2.09. The first-order valence-corrected chi connectivity index (χ1v) is 9.03. The first kappa shape index (κ1) is 20.2. The summed E-state index contributed by atoms with van der Waals surface area (Å²) in [7, 11) is -1.70. The Hall–Kier alpha value is -0.870. The van der Waals surface area contributed by atoms with E-state index < -0.39 is 10.0 Å². The van der Waals surface area contributed by atoms with Crippen LogP contribution in [0.25, 0.3) is 0 Å². The molecule has 1 aromatic rings. The molecule has 0 amide bonds. The molecule has 130 valence electrons. The van der Waals surface area contributed by atoms with Crippen molar-refractivity contribution < 1.29 is 8.42 Å². The van der Waals surface area contributed by atoms with E-state index in [2.05, 4.69) is 19.9 Å². The Labute approximate surface area is 155 Å². The molecule has 2 rings (SSSR count). The fourth-order valence-corrected chi connectivity index (χ4v) is 3.45. The largest absolute Gasteiger partial charge is 0.355 e. The van der Waals surface area contributed by atoms with Crippen molar-refractivity contribution in [1.82, 2.24) is 14.9 Å². The number of hydrogen-bond acceptors (Lipinski definition) is 3. The highest BCUT2D eigenvalue weighted by molar-refractivity contribution is 14.0. The number of hydrogen-bond donors (Lipinski definition) is 2. The number of aliphatic imine (C=N–C) groups is 1. The van der Waals surface area contributed by atoms with E-state index in [0.29, 0.717) is 18.0 Å². The third-order valence-electron chi connectivity index (χ3n) is 3.65. The van der Waals surface area contributed by atoms with Gasteiger partial charge in [-0.3, -0.25) is 4.99 Å². The summed E-state index contributed by atoms with van der Waals surface area (Å²) in [5.74, 6) is 0.840. The minimum Gasteiger partial charge on any atom is -0.355 e. The second kappa shape index (κ2) is 9.43. The summed E-state index contributed by atoms with van der Waals surface area (Å²) in [4.78, 5) is 6.71. The number of aryl methyl sites for hydroxylation is 1. The Balaban J connectivity index is 0.00000264. The van der Waals surface area contributed by atoms with Crippen LogP contribution in [0.15, 0.2) is 34.2 Å². The molecule has 0 bridgehead atoms. The Kier molecular flexibility index (Phi) is 8.27. The molecule has 0 unspecified atom stereocenters. The van der Waals surface area contributed by atoms with Crippen molar-refractivity contribution in [3.05, 3.63) is 29.8 Å². The predicted octanol–water partition coefficient (Wildman–Crippen LogP) is 1.56. The van der Waals surface area contributed by atoms with Crippen LogP contribution in [-0.4, -0.2) is 52.5 Å². The van der Waals surface area contributed by atoms with Crippen LogP contribution in [0.5, 0.6) is 0 Å². The van der Waals surface area contributed by atoms with Crippen molar-refractivity contribution in [3.63, 3.8) is 0 Å². The summed E-state index contributed by atoms with van der Waals surface area (Å²) in [6.45, 7) is 4.78. The third-order valence-corrected chi connectivity index (χ3v) is 5.13. The van der Waals surface area contributed by atoms with Crippen LogP contribution in [0.2, 0.25) is 0 Å². The fourth-order valence-electron chi connectivity index (χ4n) is 2.42. The second-order valence-electron chi connectivity index (χ2n) is 5.38. The highest BCUT2D eigenvalue weighted by atomic mass is 127. The second-order valence-corrected chi connectivity index (χ2v) is 7.15. The van der Waals surface area contributed by atoms with Crippen molar-refractivity contribution in [2.75, 3.05) is 33.2 Å². The molecule has 1 aliphatic heterocycles. The number of benzene rings is 1. The summed E-state index contributed by atoms with van der Waals surface area (Å²) in [6.07, 6.45) is 2.36. The maximum absolute atomic E-state index is 12.1. The van der Waals surface area contributed by atoms with Crippen molar-refractivity contribution >= 4 is 40.0 Å². The van der Waals surface area contributed by atoms with Gasteiger partial charge >= 0.3 is 0 Å². The molecule has 0 saturated carbocycles. The number of guanidine groups is 1. The molecule has 0 radical (unpaired) electrons. The molecule has 2 N–H and O–H groups in total. The van der Waals surface area contributed by atoms with Gasteiger partial charge in [0.1, 0.15) is 0 Å². The van der Waals surface area contributed by atoms with E-state index in [4.69, 9.17) is 0 Å². The lowest BCUT2D eigenvalue weighted by Crippen LogP contribution is -2.42. The average molecular weight is 452 g/mol. The molecule has 23 heavy (non-hydrogen) atoms. The minimum absolute atomic E-state index is 0. The lowest BCUT2D eigenvalue weighted by Gasteiger charge is -2.20. The van der Waals surface area contributed by atoms with Crippen LogP contribution < -0.4 is 10.0 Å². The molecule has 6 nitrogen and oxygen atoms in total. The van der Waals surface area contributed by atoms with Gasteiger partial charge in [-0.1, -0.05) is 17.7 Å². The van der Waals surface area contributed by atoms with Gasteiger partial charge in [-0.05, 0) is 31.9 Å². The van der Waals surface area contributed by atoms with Crippen LogP contribution in [0, 0.1) is 6.92 Å². The molecular formula is C15H25IN4O2S. The summed E-state index contributed by atoms with van der Waals surface area (Å²) in [6, 6.07) is 6.83. The number of halogens is 1. The van der Waals surface area contributed by atoms with Gasteiger partial charge < -0.3 is 10.2 Å². The van der Waals surface area contributed by atoms with Gasteiger partial charge in [0.15, 0.2) is 5.96 Å². The molecule has 0 spiro atoms. The van der Waals surface area contributed by atoms with Gasteiger partial charge in [0.25, 0.3) is 0 Å². The van der Waals surface area contributed by atoms with Crippen LogP contribution in [0.4, 0.5) is 0 Å². The molecule has 1 aliphatic rings. The molecule has 1 heterocycles. The number of nitrogens with zero attached hydrogens (tertiary/aromatic N) is 2. The average Bonchev–Trinajstić information content (AvgIpc) is 3.02. The van der Waals surface area contributed by atoms with Gasteiger partial charge in [0, 0.05) is 33.2 Å². The van der Waals surface area contributed by atoms with E-state index in [1.807, 2.05) is 6.92 Å². The molecular weight excluding hydrogens is 427 g/mol. The molecule has 1 saturated heterocycles. The Morgan fingerprint density at radius 2 is 1.78 bits per heavy atom. The van der Waals surface area contributed by atoms with E-state index in [-0.39, 0.29) is 24.0 Å². The summed E-state index contributed by atoms with van der Waals surface area (Å²) in [5.41, 5.74) is 1.04. The monoisotopic (exact) mass is 452 g/mol. The summed E-state index contributed by atoms with van der Waals surface area (Å²) < 4.78 is 26.9. The molecule has 1 aromatic carbocycles. The van der Waals surface area contributed by atoms with Gasteiger partial charge in [-0.15, -0.1) is 24.0 Å². The zero-order chi connectivity index (χ0) is 16.0. The van der Waals surface area contributed by atoms with Crippen molar-refractivity contribution in [2.24, 2.45) is 4.99 Å². The number of nitrogens with one attached hydrogen (secondary N) is 2. The van der Waals surface area contributed by atoms with E-state index in [0.717, 1.165) is 24.6 Å². The number of rotatable bonds is 5. The van der Waals surface area contributed by atoms with E-state index in [1.54, 1.807) is 31.3 Å². The molecule has 0 atom stereocenters. The number of likely N-dealkylation sites (tertiary alicyclic amines) is 1. The zero-order valence-electron chi connectivity index (χ0n) is 13.6. The Morgan fingerprint density at radius 3 is 2.35 bits per heavy atom. The minimum atomic E-state index is -3.44. The SMILES string of the molecule is CN=C(NCCNS(=O)(=O)c1ccc(C)cc1)N1CCCC1.I. The Morgan fingerprint density at radius 1 is 1.17 bits per heavy atom. The lowest BCUT2D eigenvalue weighted by molar-refractivity contribution is 0.493. The predicted molar refractivity (Wildman–Crippen MR) is 104 cm³/mol. The summed E-state index contributed by atoms with van der Waals surface area (Å²) >= 11 is 0.